The van der Waals surface area contributed by atoms with Crippen LogP contribution in [-0.2, 0) is 4.74 Å². The molecule has 2 heterocycles. The molecule has 6 nitrogen and oxygen atoms in total. The molecule has 1 N–H and O–H groups in total. The summed E-state index contributed by atoms with van der Waals surface area (Å²) in [5, 5.41) is 13.3. The number of aliphatic hydroxyl groups is 1. The van der Waals surface area contributed by atoms with Crippen LogP contribution in [0.15, 0.2) is 0 Å². The SMILES string of the molecule is CC(C)c1nnsc1C(=O)N1CCOCC1CO. The molecule has 0 saturated carbocycles. The smallest absolute Gasteiger partial charge is 0.268 e. The van der Waals surface area contributed by atoms with Crippen LogP contribution in [0.4, 0.5) is 0 Å². The Morgan fingerprint density at radius 2 is 2.44 bits per heavy atom. The highest BCUT2D eigenvalue weighted by Crippen LogP contribution is 2.23. The van der Waals surface area contributed by atoms with Crippen LogP contribution < -0.4 is 0 Å². The lowest BCUT2D eigenvalue weighted by molar-refractivity contribution is -0.0182. The van der Waals surface area contributed by atoms with E-state index in [0.29, 0.717) is 24.6 Å². The van der Waals surface area contributed by atoms with Gasteiger partial charge in [0.15, 0.2) is 0 Å². The topological polar surface area (TPSA) is 75.6 Å². The Bertz CT molecular complexity index is 421. The van der Waals surface area contributed by atoms with Gasteiger partial charge in [-0.2, -0.15) is 0 Å². The quantitative estimate of drug-likeness (QED) is 0.866. The predicted octanol–water partition coefficient (Wildman–Crippen LogP) is 0.495. The van der Waals surface area contributed by atoms with E-state index in [9.17, 15) is 9.90 Å². The summed E-state index contributed by atoms with van der Waals surface area (Å²) in [4.78, 5) is 14.7. The molecule has 1 atom stereocenters. The van der Waals surface area contributed by atoms with Crippen molar-refractivity contribution in [1.82, 2.24) is 14.5 Å². The number of morpholine rings is 1. The van der Waals surface area contributed by atoms with E-state index < -0.39 is 0 Å². The van der Waals surface area contributed by atoms with Crippen molar-refractivity contribution in [1.29, 1.82) is 0 Å². The number of carbonyl (C=O) groups excluding carboxylic acids is 1. The van der Waals surface area contributed by atoms with Gasteiger partial charge in [-0.15, -0.1) is 5.10 Å². The van der Waals surface area contributed by atoms with Crippen molar-refractivity contribution in [3.63, 3.8) is 0 Å². The Morgan fingerprint density at radius 3 is 3.11 bits per heavy atom. The minimum absolute atomic E-state index is 0.0883. The minimum atomic E-state index is -0.270. The molecule has 1 aliphatic rings. The lowest BCUT2D eigenvalue weighted by atomic mass is 10.1. The summed E-state index contributed by atoms with van der Waals surface area (Å²) in [6.07, 6.45) is 0. The van der Waals surface area contributed by atoms with Crippen LogP contribution >= 0.6 is 11.5 Å². The first-order valence-corrected chi connectivity index (χ1v) is 6.74. The molecule has 1 saturated heterocycles. The number of ether oxygens (including phenoxy) is 1. The fourth-order valence-corrected chi connectivity index (χ4v) is 2.70. The molecule has 100 valence electrons. The van der Waals surface area contributed by atoms with Crippen molar-refractivity contribution >= 4 is 17.4 Å². The summed E-state index contributed by atoms with van der Waals surface area (Å²) in [6, 6.07) is -0.270. The molecule has 1 aromatic heterocycles. The Labute approximate surface area is 110 Å². The zero-order valence-electron chi connectivity index (χ0n) is 10.5. The molecule has 7 heteroatoms. The average molecular weight is 271 g/mol. The van der Waals surface area contributed by atoms with E-state index in [0.717, 1.165) is 17.2 Å². The third kappa shape index (κ3) is 2.52. The van der Waals surface area contributed by atoms with Gasteiger partial charge in [-0.3, -0.25) is 4.79 Å². The number of rotatable bonds is 3. The third-order valence-corrected chi connectivity index (χ3v) is 3.68. The highest BCUT2D eigenvalue weighted by atomic mass is 32.1. The lowest BCUT2D eigenvalue weighted by Crippen LogP contribution is -2.50. The fourth-order valence-electron chi connectivity index (χ4n) is 1.93. The predicted molar refractivity (Wildman–Crippen MR) is 66.7 cm³/mol. The summed E-state index contributed by atoms with van der Waals surface area (Å²) < 4.78 is 9.13. The van der Waals surface area contributed by atoms with Crippen LogP contribution in [0.5, 0.6) is 0 Å². The van der Waals surface area contributed by atoms with Crippen molar-refractivity contribution in [2.24, 2.45) is 0 Å². The van der Waals surface area contributed by atoms with Crippen molar-refractivity contribution in [3.05, 3.63) is 10.6 Å². The Hall–Kier alpha value is -1.05. The largest absolute Gasteiger partial charge is 0.394 e. The Morgan fingerprint density at radius 1 is 1.67 bits per heavy atom. The van der Waals surface area contributed by atoms with Gasteiger partial charge >= 0.3 is 0 Å². The molecular formula is C11H17N3O3S. The second-order valence-corrected chi connectivity index (χ2v) is 5.31. The van der Waals surface area contributed by atoms with Gasteiger partial charge in [-0.25, -0.2) is 0 Å². The van der Waals surface area contributed by atoms with E-state index >= 15 is 0 Å². The summed E-state index contributed by atoms with van der Waals surface area (Å²) in [5.41, 5.74) is 0.730. The van der Waals surface area contributed by atoms with E-state index in [-0.39, 0.29) is 24.5 Å². The first kappa shape index (κ1) is 13.4. The van der Waals surface area contributed by atoms with E-state index in [1.165, 1.54) is 0 Å². The van der Waals surface area contributed by atoms with Crippen LogP contribution in [0.25, 0.3) is 0 Å². The zero-order valence-corrected chi connectivity index (χ0v) is 11.3. The van der Waals surface area contributed by atoms with E-state index in [4.69, 9.17) is 4.74 Å². The first-order valence-electron chi connectivity index (χ1n) is 5.97. The normalized spacial score (nSPS) is 20.4. The number of hydrogen-bond acceptors (Lipinski definition) is 6. The molecule has 0 aliphatic carbocycles. The van der Waals surface area contributed by atoms with Crippen LogP contribution in [0.2, 0.25) is 0 Å². The highest BCUT2D eigenvalue weighted by Gasteiger charge is 2.30. The maximum absolute atomic E-state index is 12.4. The maximum atomic E-state index is 12.4. The molecule has 0 aromatic carbocycles. The van der Waals surface area contributed by atoms with Gasteiger partial charge in [0, 0.05) is 6.54 Å². The molecule has 1 aromatic rings. The van der Waals surface area contributed by atoms with Gasteiger partial charge < -0.3 is 14.7 Å². The van der Waals surface area contributed by atoms with Crippen LogP contribution in [-0.4, -0.2) is 57.9 Å². The number of carbonyl (C=O) groups is 1. The summed E-state index contributed by atoms with van der Waals surface area (Å²) >= 11 is 1.12. The molecule has 1 amide bonds. The second kappa shape index (κ2) is 5.73. The van der Waals surface area contributed by atoms with Gasteiger partial charge in [0.1, 0.15) is 4.88 Å². The van der Waals surface area contributed by atoms with Gasteiger partial charge in [0.2, 0.25) is 0 Å². The van der Waals surface area contributed by atoms with E-state index in [2.05, 4.69) is 9.59 Å². The molecule has 1 aliphatic heterocycles. The minimum Gasteiger partial charge on any atom is -0.394 e. The van der Waals surface area contributed by atoms with Gasteiger partial charge in [0.05, 0.1) is 31.6 Å². The lowest BCUT2D eigenvalue weighted by Gasteiger charge is -2.34. The number of amides is 1. The van der Waals surface area contributed by atoms with Crippen LogP contribution in [0.3, 0.4) is 0 Å². The first-order chi connectivity index (χ1) is 8.65. The molecule has 18 heavy (non-hydrogen) atoms. The maximum Gasteiger partial charge on any atom is 0.268 e. The number of hydrogen-bond donors (Lipinski definition) is 1. The van der Waals surface area contributed by atoms with Gasteiger partial charge in [-0.1, -0.05) is 18.3 Å². The molecule has 1 unspecified atom stereocenters. The summed E-state index contributed by atoms with van der Waals surface area (Å²) in [7, 11) is 0. The molecular weight excluding hydrogens is 254 g/mol. The van der Waals surface area contributed by atoms with Crippen molar-refractivity contribution in [2.45, 2.75) is 25.8 Å². The van der Waals surface area contributed by atoms with Crippen molar-refractivity contribution < 1.29 is 14.6 Å². The molecule has 0 spiro atoms. The molecule has 0 radical (unpaired) electrons. The molecule has 1 fully saturated rings. The summed E-state index contributed by atoms with van der Waals surface area (Å²) in [5.74, 6) is 0.0624. The average Bonchev–Trinajstić information content (AvgIpc) is 2.87. The monoisotopic (exact) mass is 271 g/mol. The summed E-state index contributed by atoms with van der Waals surface area (Å²) in [6.45, 7) is 5.26. The standard InChI is InChI=1S/C11H17N3O3S/c1-7(2)9-10(18-13-12-9)11(16)14-3-4-17-6-8(14)5-15/h7-8,15H,3-6H2,1-2H3. The fraction of sp³-hybridized carbons (Fsp3) is 0.727. The van der Waals surface area contributed by atoms with Gasteiger partial charge in [-0.05, 0) is 17.5 Å². The zero-order chi connectivity index (χ0) is 13.1. The Balaban J connectivity index is 2.21. The van der Waals surface area contributed by atoms with Crippen molar-refractivity contribution in [3.8, 4) is 0 Å². The number of aliphatic hydroxyl groups excluding tert-OH is 1. The third-order valence-electron chi connectivity index (χ3n) is 2.95. The van der Waals surface area contributed by atoms with Gasteiger partial charge in [0.25, 0.3) is 5.91 Å². The van der Waals surface area contributed by atoms with Crippen LogP contribution in [0, 0.1) is 0 Å². The number of nitrogens with zero attached hydrogens (tertiary/aromatic N) is 3. The molecule has 0 bridgehead atoms. The van der Waals surface area contributed by atoms with E-state index in [1.54, 1.807) is 4.90 Å². The molecule has 2 rings (SSSR count). The Kier molecular flexibility index (Phi) is 4.26. The second-order valence-electron chi connectivity index (χ2n) is 4.55. The number of aromatic nitrogens is 2. The van der Waals surface area contributed by atoms with E-state index in [1.807, 2.05) is 13.8 Å². The van der Waals surface area contributed by atoms with Crippen molar-refractivity contribution in [2.75, 3.05) is 26.4 Å². The highest BCUT2D eigenvalue weighted by molar-refractivity contribution is 7.08. The van der Waals surface area contributed by atoms with Crippen LogP contribution in [0.1, 0.15) is 35.1 Å².